The lowest BCUT2D eigenvalue weighted by Gasteiger charge is -2.02. The zero-order valence-electron chi connectivity index (χ0n) is 13.5. The van der Waals surface area contributed by atoms with Crippen molar-refractivity contribution in [3.63, 3.8) is 0 Å². The molecule has 1 amide bonds. The number of hydrogen-bond acceptors (Lipinski definition) is 3. The first-order valence-electron chi connectivity index (χ1n) is 7.53. The van der Waals surface area contributed by atoms with E-state index in [9.17, 15) is 9.18 Å². The highest BCUT2D eigenvalue weighted by molar-refractivity contribution is 7.16. The van der Waals surface area contributed by atoms with Gasteiger partial charge in [0.1, 0.15) is 11.6 Å². The van der Waals surface area contributed by atoms with E-state index in [0.29, 0.717) is 15.3 Å². The maximum Gasteiger partial charge on any atom is 0.252 e. The molecule has 2 aromatic carbocycles. The second-order valence-corrected chi connectivity index (χ2v) is 6.33. The van der Waals surface area contributed by atoms with E-state index in [0.717, 1.165) is 11.1 Å². The number of nitrogens with zero attached hydrogens (tertiary/aromatic N) is 2. The standard InChI is InChI=1S/C19H15FN2O2S/c1-3-9-22-16-8-7-14(20)12-17(16)25-19(22)21-18(23)11-13-5-4-6-15(10-13)24-2/h1,4-8,10,12H,9,11H2,2H3. The van der Waals surface area contributed by atoms with Crippen LogP contribution >= 0.6 is 11.3 Å². The molecule has 0 aliphatic rings. The third-order valence-corrected chi connectivity index (χ3v) is 4.65. The quantitative estimate of drug-likeness (QED) is 0.676. The molecule has 0 fully saturated rings. The smallest absolute Gasteiger partial charge is 0.252 e. The van der Waals surface area contributed by atoms with Crippen molar-refractivity contribution in [3.8, 4) is 18.1 Å². The number of rotatable bonds is 4. The summed E-state index contributed by atoms with van der Waals surface area (Å²) < 4.78 is 21.0. The van der Waals surface area contributed by atoms with Crippen LogP contribution < -0.4 is 9.54 Å². The Hall–Kier alpha value is -2.91. The van der Waals surface area contributed by atoms with Crippen LogP contribution in [0.5, 0.6) is 5.75 Å². The number of terminal acetylenes is 1. The Labute approximate surface area is 148 Å². The van der Waals surface area contributed by atoms with Crippen LogP contribution in [0.3, 0.4) is 0 Å². The van der Waals surface area contributed by atoms with Gasteiger partial charge in [-0.1, -0.05) is 29.4 Å². The van der Waals surface area contributed by atoms with Gasteiger partial charge in [-0.15, -0.1) is 6.42 Å². The van der Waals surface area contributed by atoms with Gasteiger partial charge >= 0.3 is 0 Å². The van der Waals surface area contributed by atoms with Gasteiger partial charge in [-0.25, -0.2) is 4.39 Å². The van der Waals surface area contributed by atoms with E-state index in [-0.39, 0.29) is 24.7 Å². The van der Waals surface area contributed by atoms with E-state index < -0.39 is 0 Å². The molecule has 1 heterocycles. The first-order chi connectivity index (χ1) is 12.1. The zero-order chi connectivity index (χ0) is 17.8. The van der Waals surface area contributed by atoms with Crippen LogP contribution in [0.2, 0.25) is 0 Å². The van der Waals surface area contributed by atoms with Gasteiger partial charge in [-0.3, -0.25) is 4.79 Å². The Balaban J connectivity index is 1.98. The normalized spacial score (nSPS) is 11.5. The van der Waals surface area contributed by atoms with Crippen LogP contribution in [0, 0.1) is 18.2 Å². The molecule has 25 heavy (non-hydrogen) atoms. The summed E-state index contributed by atoms with van der Waals surface area (Å²) >= 11 is 1.24. The molecule has 4 nitrogen and oxygen atoms in total. The van der Waals surface area contributed by atoms with E-state index in [1.807, 2.05) is 18.2 Å². The average molecular weight is 354 g/mol. The third kappa shape index (κ3) is 3.78. The molecule has 3 aromatic rings. The van der Waals surface area contributed by atoms with Crippen LogP contribution in [-0.2, 0) is 17.8 Å². The maximum absolute atomic E-state index is 13.4. The van der Waals surface area contributed by atoms with Crippen molar-refractivity contribution < 1.29 is 13.9 Å². The van der Waals surface area contributed by atoms with E-state index in [1.165, 1.54) is 23.5 Å². The number of halogens is 1. The Morgan fingerprint density at radius 3 is 2.96 bits per heavy atom. The second-order valence-electron chi connectivity index (χ2n) is 5.32. The summed E-state index contributed by atoms with van der Waals surface area (Å²) in [6.45, 7) is 0.261. The fourth-order valence-electron chi connectivity index (χ4n) is 2.48. The largest absolute Gasteiger partial charge is 0.497 e. The van der Waals surface area contributed by atoms with Crippen molar-refractivity contribution in [2.45, 2.75) is 13.0 Å². The van der Waals surface area contributed by atoms with Crippen molar-refractivity contribution in [1.82, 2.24) is 4.57 Å². The Morgan fingerprint density at radius 1 is 1.36 bits per heavy atom. The molecule has 0 bridgehead atoms. The molecule has 1 aromatic heterocycles. The van der Waals surface area contributed by atoms with E-state index in [1.54, 1.807) is 23.8 Å². The fourth-order valence-corrected chi connectivity index (χ4v) is 3.55. The van der Waals surface area contributed by atoms with Gasteiger partial charge in [-0.05, 0) is 35.9 Å². The molecule has 0 spiro atoms. The van der Waals surface area contributed by atoms with E-state index in [2.05, 4.69) is 10.9 Å². The number of fused-ring (bicyclic) bond motifs is 1. The molecule has 0 aliphatic carbocycles. The van der Waals surface area contributed by atoms with E-state index in [4.69, 9.17) is 11.2 Å². The molecule has 126 valence electrons. The summed E-state index contributed by atoms with van der Waals surface area (Å²) in [7, 11) is 1.57. The molecule has 3 rings (SSSR count). The number of amides is 1. The summed E-state index contributed by atoms with van der Waals surface area (Å²) in [5, 5.41) is 0. The molecule has 6 heteroatoms. The highest BCUT2D eigenvalue weighted by atomic mass is 32.1. The summed E-state index contributed by atoms with van der Waals surface area (Å²) in [6, 6.07) is 11.7. The van der Waals surface area contributed by atoms with Crippen molar-refractivity contribution in [1.29, 1.82) is 0 Å². The minimum absolute atomic E-state index is 0.149. The molecule has 0 aliphatic heterocycles. The molecule has 0 saturated heterocycles. The highest BCUT2D eigenvalue weighted by Crippen LogP contribution is 2.19. The van der Waals surface area contributed by atoms with Gasteiger partial charge in [0.25, 0.3) is 5.91 Å². The maximum atomic E-state index is 13.4. The first kappa shape index (κ1) is 16.9. The zero-order valence-corrected chi connectivity index (χ0v) is 14.3. The Kier molecular flexibility index (Phi) is 4.96. The Bertz CT molecular complexity index is 1040. The minimum atomic E-state index is -0.337. The summed E-state index contributed by atoms with van der Waals surface area (Å²) in [5.41, 5.74) is 1.57. The number of carbonyl (C=O) groups excluding carboxylic acids is 1. The first-order valence-corrected chi connectivity index (χ1v) is 8.35. The number of ether oxygens (including phenoxy) is 1. The van der Waals surface area contributed by atoms with Gasteiger partial charge in [0.2, 0.25) is 0 Å². The summed E-state index contributed by atoms with van der Waals surface area (Å²) in [5.74, 6) is 2.59. The molecule has 0 atom stereocenters. The molecule has 0 N–H and O–H groups in total. The SMILES string of the molecule is C#CCn1c(=NC(=O)Cc2cccc(OC)c2)sc2cc(F)ccc21. The van der Waals surface area contributed by atoms with Crippen molar-refractivity contribution in [2.24, 2.45) is 4.99 Å². The molecular formula is C19H15FN2O2S. The molecule has 0 unspecified atom stereocenters. The van der Waals surface area contributed by atoms with Crippen LogP contribution in [-0.4, -0.2) is 17.6 Å². The van der Waals surface area contributed by atoms with Gasteiger partial charge in [0.05, 0.1) is 30.3 Å². The lowest BCUT2D eigenvalue weighted by Crippen LogP contribution is -2.17. The van der Waals surface area contributed by atoms with Crippen molar-refractivity contribution >= 4 is 27.5 Å². The highest BCUT2D eigenvalue weighted by Gasteiger charge is 2.09. The third-order valence-electron chi connectivity index (χ3n) is 3.60. The number of methoxy groups -OCH3 is 1. The number of thiazole rings is 1. The van der Waals surface area contributed by atoms with Crippen molar-refractivity contribution in [2.75, 3.05) is 7.11 Å². The topological polar surface area (TPSA) is 43.6 Å². The lowest BCUT2D eigenvalue weighted by atomic mass is 10.1. The number of benzene rings is 2. The number of aromatic nitrogens is 1. The van der Waals surface area contributed by atoms with Crippen LogP contribution in [0.25, 0.3) is 10.2 Å². The molecule has 0 radical (unpaired) electrons. The Morgan fingerprint density at radius 2 is 2.20 bits per heavy atom. The van der Waals surface area contributed by atoms with Crippen molar-refractivity contribution in [3.05, 3.63) is 58.6 Å². The average Bonchev–Trinajstić information content (AvgIpc) is 2.91. The van der Waals surface area contributed by atoms with Crippen LogP contribution in [0.1, 0.15) is 5.56 Å². The molecule has 0 saturated carbocycles. The number of hydrogen-bond donors (Lipinski definition) is 0. The van der Waals surface area contributed by atoms with Gasteiger partial charge in [0, 0.05) is 0 Å². The summed E-state index contributed by atoms with van der Waals surface area (Å²) in [6.07, 6.45) is 5.56. The predicted molar refractivity (Wildman–Crippen MR) is 95.9 cm³/mol. The summed E-state index contributed by atoms with van der Waals surface area (Å²) in [4.78, 5) is 17.0. The molecular weight excluding hydrogens is 339 g/mol. The predicted octanol–water partition coefficient (Wildman–Crippen LogP) is 3.15. The fraction of sp³-hybridized carbons (Fsp3) is 0.158. The van der Waals surface area contributed by atoms with Gasteiger partial charge in [-0.2, -0.15) is 4.99 Å². The van der Waals surface area contributed by atoms with Gasteiger partial charge < -0.3 is 9.30 Å². The van der Waals surface area contributed by atoms with Crippen LogP contribution in [0.4, 0.5) is 4.39 Å². The monoisotopic (exact) mass is 354 g/mol. The minimum Gasteiger partial charge on any atom is -0.497 e. The van der Waals surface area contributed by atoms with Crippen LogP contribution in [0.15, 0.2) is 47.5 Å². The van der Waals surface area contributed by atoms with Gasteiger partial charge in [0.15, 0.2) is 4.80 Å². The number of carbonyl (C=O) groups is 1. The second kappa shape index (κ2) is 7.32. The van der Waals surface area contributed by atoms with E-state index >= 15 is 0 Å². The lowest BCUT2D eigenvalue weighted by molar-refractivity contribution is -0.117.